The van der Waals surface area contributed by atoms with Gasteiger partial charge in [-0.3, -0.25) is 9.59 Å². The lowest BCUT2D eigenvalue weighted by molar-refractivity contribution is -0.131. The highest BCUT2D eigenvalue weighted by Gasteiger charge is 2.32. The van der Waals surface area contributed by atoms with Crippen LogP contribution in [0.3, 0.4) is 0 Å². The van der Waals surface area contributed by atoms with Gasteiger partial charge in [-0.2, -0.15) is 0 Å². The van der Waals surface area contributed by atoms with Gasteiger partial charge in [-0.25, -0.2) is 4.98 Å². The van der Waals surface area contributed by atoms with E-state index in [1.165, 1.54) is 12.8 Å². The van der Waals surface area contributed by atoms with Crippen LogP contribution in [0.25, 0.3) is 11.0 Å². The SMILES string of the molecule is CC(=O)N1CCC[C@@H]1c1nc2ccccc2n1CC(=O)N1CCCCCC1. The van der Waals surface area contributed by atoms with Crippen LogP contribution in [0.2, 0.25) is 0 Å². The smallest absolute Gasteiger partial charge is 0.242 e. The second-order valence-electron chi connectivity index (χ2n) is 7.71. The molecule has 2 aliphatic rings. The summed E-state index contributed by atoms with van der Waals surface area (Å²) < 4.78 is 2.05. The molecule has 144 valence electrons. The molecular formula is C21H28N4O2. The Hall–Kier alpha value is -2.37. The first kappa shape index (κ1) is 18.0. The van der Waals surface area contributed by atoms with Gasteiger partial charge in [0.05, 0.1) is 17.1 Å². The summed E-state index contributed by atoms with van der Waals surface area (Å²) in [4.78, 5) is 33.9. The van der Waals surface area contributed by atoms with Crippen LogP contribution < -0.4 is 0 Å². The number of rotatable bonds is 3. The summed E-state index contributed by atoms with van der Waals surface area (Å²) in [6.07, 6.45) is 6.47. The number of hydrogen-bond donors (Lipinski definition) is 0. The molecule has 27 heavy (non-hydrogen) atoms. The highest BCUT2D eigenvalue weighted by Crippen LogP contribution is 2.33. The fourth-order valence-corrected chi connectivity index (χ4v) is 4.48. The molecule has 6 heteroatoms. The number of hydrogen-bond acceptors (Lipinski definition) is 3. The normalized spacial score (nSPS) is 20.9. The Morgan fingerprint density at radius 3 is 2.52 bits per heavy atom. The van der Waals surface area contributed by atoms with Crippen LogP contribution in [0.5, 0.6) is 0 Å². The van der Waals surface area contributed by atoms with Crippen molar-refractivity contribution >= 4 is 22.8 Å². The number of fused-ring (bicyclic) bond motifs is 1. The van der Waals surface area contributed by atoms with Gasteiger partial charge in [0.2, 0.25) is 11.8 Å². The van der Waals surface area contributed by atoms with Crippen LogP contribution in [0.1, 0.15) is 57.3 Å². The summed E-state index contributed by atoms with van der Waals surface area (Å²) in [5.74, 6) is 1.09. The predicted octanol–water partition coefficient (Wildman–Crippen LogP) is 3.12. The first-order chi connectivity index (χ1) is 13.1. The topological polar surface area (TPSA) is 58.4 Å². The number of benzene rings is 1. The monoisotopic (exact) mass is 368 g/mol. The first-order valence-corrected chi connectivity index (χ1v) is 10.2. The number of carbonyl (C=O) groups excluding carboxylic acids is 2. The molecular weight excluding hydrogens is 340 g/mol. The van der Waals surface area contributed by atoms with Crippen molar-refractivity contribution in [2.75, 3.05) is 19.6 Å². The van der Waals surface area contributed by atoms with E-state index in [0.717, 1.165) is 62.2 Å². The van der Waals surface area contributed by atoms with Crippen LogP contribution in [-0.2, 0) is 16.1 Å². The van der Waals surface area contributed by atoms with Gasteiger partial charge >= 0.3 is 0 Å². The van der Waals surface area contributed by atoms with E-state index >= 15 is 0 Å². The molecule has 2 saturated heterocycles. The van der Waals surface area contributed by atoms with Crippen molar-refractivity contribution in [3.63, 3.8) is 0 Å². The molecule has 0 unspecified atom stereocenters. The van der Waals surface area contributed by atoms with E-state index < -0.39 is 0 Å². The van der Waals surface area contributed by atoms with E-state index in [1.54, 1.807) is 6.92 Å². The third-order valence-corrected chi connectivity index (χ3v) is 5.89. The summed E-state index contributed by atoms with van der Waals surface area (Å²) in [6, 6.07) is 7.93. The van der Waals surface area contributed by atoms with Gasteiger partial charge in [-0.05, 0) is 37.8 Å². The molecule has 0 radical (unpaired) electrons. The van der Waals surface area contributed by atoms with E-state index in [-0.39, 0.29) is 17.9 Å². The zero-order valence-electron chi connectivity index (χ0n) is 16.1. The van der Waals surface area contributed by atoms with Crippen molar-refractivity contribution in [2.24, 2.45) is 0 Å². The number of nitrogens with zero attached hydrogens (tertiary/aromatic N) is 4. The molecule has 0 saturated carbocycles. The third-order valence-electron chi connectivity index (χ3n) is 5.89. The Balaban J connectivity index is 1.68. The van der Waals surface area contributed by atoms with Gasteiger partial charge in [0.1, 0.15) is 12.4 Å². The van der Waals surface area contributed by atoms with Gasteiger partial charge in [-0.15, -0.1) is 0 Å². The molecule has 1 atom stereocenters. The fourth-order valence-electron chi connectivity index (χ4n) is 4.48. The summed E-state index contributed by atoms with van der Waals surface area (Å²) in [5, 5.41) is 0. The number of amides is 2. The molecule has 1 aromatic heterocycles. The average Bonchev–Trinajstić information content (AvgIpc) is 3.18. The van der Waals surface area contributed by atoms with Crippen molar-refractivity contribution in [1.29, 1.82) is 0 Å². The van der Waals surface area contributed by atoms with E-state index in [0.29, 0.717) is 6.54 Å². The third kappa shape index (κ3) is 3.57. The maximum absolute atomic E-state index is 13.0. The lowest BCUT2D eigenvalue weighted by atomic mass is 10.2. The summed E-state index contributed by atoms with van der Waals surface area (Å²) in [7, 11) is 0. The van der Waals surface area contributed by atoms with Gasteiger partial charge < -0.3 is 14.4 Å². The molecule has 2 aliphatic heterocycles. The van der Waals surface area contributed by atoms with Crippen LogP contribution in [-0.4, -0.2) is 50.8 Å². The minimum absolute atomic E-state index is 0.0353. The zero-order valence-corrected chi connectivity index (χ0v) is 16.1. The second kappa shape index (κ2) is 7.71. The largest absolute Gasteiger partial charge is 0.341 e. The standard InChI is InChI=1S/C21H28N4O2/c1-16(26)24-14-8-11-19(24)21-22-17-9-4-5-10-18(17)25(21)15-20(27)23-12-6-2-3-7-13-23/h4-5,9-10,19H,2-3,6-8,11-15H2,1H3/t19-/m1/s1. The molecule has 2 aromatic rings. The van der Waals surface area contributed by atoms with E-state index in [1.807, 2.05) is 34.1 Å². The van der Waals surface area contributed by atoms with E-state index in [4.69, 9.17) is 4.98 Å². The highest BCUT2D eigenvalue weighted by atomic mass is 16.2. The molecule has 0 aliphatic carbocycles. The minimum Gasteiger partial charge on any atom is -0.341 e. The molecule has 4 rings (SSSR count). The molecule has 0 spiro atoms. The zero-order chi connectivity index (χ0) is 18.8. The van der Waals surface area contributed by atoms with Crippen LogP contribution in [0, 0.1) is 0 Å². The lowest BCUT2D eigenvalue weighted by Gasteiger charge is -2.25. The minimum atomic E-state index is -0.0353. The molecule has 3 heterocycles. The predicted molar refractivity (Wildman–Crippen MR) is 104 cm³/mol. The number of carbonyl (C=O) groups is 2. The van der Waals surface area contributed by atoms with E-state index in [2.05, 4.69) is 4.57 Å². The Morgan fingerprint density at radius 2 is 1.78 bits per heavy atom. The van der Waals surface area contributed by atoms with Crippen LogP contribution in [0.15, 0.2) is 24.3 Å². The molecule has 1 aromatic carbocycles. The molecule has 0 bridgehead atoms. The number of likely N-dealkylation sites (tertiary alicyclic amines) is 2. The Kier molecular flexibility index (Phi) is 5.14. The van der Waals surface area contributed by atoms with Crippen LogP contribution in [0.4, 0.5) is 0 Å². The Morgan fingerprint density at radius 1 is 1.04 bits per heavy atom. The fraction of sp³-hybridized carbons (Fsp3) is 0.571. The number of aromatic nitrogens is 2. The Labute approximate surface area is 160 Å². The van der Waals surface area contributed by atoms with Crippen LogP contribution >= 0.6 is 0 Å². The molecule has 0 N–H and O–H groups in total. The van der Waals surface area contributed by atoms with E-state index in [9.17, 15) is 9.59 Å². The van der Waals surface area contributed by atoms with Crippen molar-refractivity contribution in [3.8, 4) is 0 Å². The molecule has 6 nitrogen and oxygen atoms in total. The summed E-state index contributed by atoms with van der Waals surface area (Å²) >= 11 is 0. The van der Waals surface area contributed by atoms with Crippen molar-refractivity contribution < 1.29 is 9.59 Å². The Bertz CT molecular complexity index is 836. The second-order valence-corrected chi connectivity index (χ2v) is 7.71. The summed E-state index contributed by atoms with van der Waals surface area (Å²) in [5.41, 5.74) is 1.87. The lowest BCUT2D eigenvalue weighted by Crippen LogP contribution is -2.36. The van der Waals surface area contributed by atoms with Gasteiger partial charge in [0.15, 0.2) is 0 Å². The quantitative estimate of drug-likeness (QED) is 0.836. The van der Waals surface area contributed by atoms with Crippen molar-refractivity contribution in [3.05, 3.63) is 30.1 Å². The molecule has 2 amide bonds. The highest BCUT2D eigenvalue weighted by molar-refractivity contribution is 5.81. The molecule has 2 fully saturated rings. The maximum atomic E-state index is 13.0. The number of para-hydroxylation sites is 2. The first-order valence-electron chi connectivity index (χ1n) is 10.2. The number of imidazole rings is 1. The van der Waals surface area contributed by atoms with Gasteiger partial charge in [-0.1, -0.05) is 25.0 Å². The van der Waals surface area contributed by atoms with Gasteiger partial charge in [0.25, 0.3) is 0 Å². The van der Waals surface area contributed by atoms with Crippen molar-refractivity contribution in [2.45, 2.75) is 58.0 Å². The maximum Gasteiger partial charge on any atom is 0.242 e. The average molecular weight is 368 g/mol. The van der Waals surface area contributed by atoms with Crippen molar-refractivity contribution in [1.82, 2.24) is 19.4 Å². The summed E-state index contributed by atoms with van der Waals surface area (Å²) in [6.45, 7) is 4.39. The van der Waals surface area contributed by atoms with Gasteiger partial charge in [0, 0.05) is 26.6 Å².